The molecule has 1 rings (SSSR count). The maximum atomic E-state index is 12.0. The van der Waals surface area contributed by atoms with Gasteiger partial charge in [-0.3, -0.25) is 19.7 Å². The molecule has 0 heterocycles. The maximum absolute atomic E-state index is 12.0. The molecule has 0 aromatic heterocycles. The zero-order valence-electron chi connectivity index (χ0n) is 12.5. The van der Waals surface area contributed by atoms with Gasteiger partial charge < -0.3 is 10.4 Å². The van der Waals surface area contributed by atoms with E-state index in [1.807, 2.05) is 0 Å². The second-order valence-corrected chi connectivity index (χ2v) is 5.02. The average molecular weight is 308 g/mol. The van der Waals surface area contributed by atoms with Crippen molar-refractivity contribution in [2.24, 2.45) is 0 Å². The highest BCUT2D eigenvalue weighted by Crippen LogP contribution is 2.20. The summed E-state index contributed by atoms with van der Waals surface area (Å²) in [5.41, 5.74) is 0.591. The van der Waals surface area contributed by atoms with Gasteiger partial charge in [0, 0.05) is 30.2 Å². The molecule has 7 nitrogen and oxygen atoms in total. The summed E-state index contributed by atoms with van der Waals surface area (Å²) in [4.78, 5) is 32.7. The van der Waals surface area contributed by atoms with E-state index in [4.69, 9.17) is 5.11 Å². The highest BCUT2D eigenvalue weighted by molar-refractivity contribution is 5.96. The molecular weight excluding hydrogens is 288 g/mol. The number of benzene rings is 1. The van der Waals surface area contributed by atoms with E-state index >= 15 is 0 Å². The minimum atomic E-state index is -0.797. The van der Waals surface area contributed by atoms with Crippen LogP contribution in [0.2, 0.25) is 0 Å². The van der Waals surface area contributed by atoms with Crippen LogP contribution in [0.4, 0.5) is 5.69 Å². The highest BCUT2D eigenvalue weighted by Gasteiger charge is 2.17. The average Bonchev–Trinajstić information content (AvgIpc) is 2.45. The summed E-state index contributed by atoms with van der Waals surface area (Å²) < 4.78 is 0. The topological polar surface area (TPSA) is 110 Å². The monoisotopic (exact) mass is 308 g/mol. The summed E-state index contributed by atoms with van der Waals surface area (Å²) >= 11 is 0. The summed E-state index contributed by atoms with van der Waals surface area (Å²) in [5.74, 6) is -1.12. The molecule has 2 N–H and O–H groups in total. The number of hydrogen-bond donors (Lipinski definition) is 2. The van der Waals surface area contributed by atoms with Gasteiger partial charge in [-0.2, -0.15) is 0 Å². The summed E-state index contributed by atoms with van der Waals surface area (Å²) in [5, 5.41) is 22.1. The van der Waals surface area contributed by atoms with Gasteiger partial charge in [-0.15, -0.1) is 0 Å². The normalized spacial score (nSPS) is 10.2. The number of nitrogens with zero attached hydrogens (tertiary/aromatic N) is 1. The molecule has 0 bridgehead atoms. The van der Waals surface area contributed by atoms with Crippen LogP contribution in [0, 0.1) is 17.0 Å². The molecule has 0 atom stereocenters. The molecule has 0 saturated carbocycles. The van der Waals surface area contributed by atoms with Gasteiger partial charge in [0.25, 0.3) is 11.6 Å². The molecular formula is C15H20N2O5. The van der Waals surface area contributed by atoms with Crippen molar-refractivity contribution in [1.29, 1.82) is 0 Å². The number of amides is 1. The predicted octanol–water partition coefficient (Wildman–Crippen LogP) is 2.67. The van der Waals surface area contributed by atoms with Crippen LogP contribution in [0.5, 0.6) is 0 Å². The number of unbranched alkanes of at least 4 members (excludes halogenated alkanes) is 3. The molecule has 0 fully saturated rings. The standard InChI is InChI=1S/C15H20N2O5/c1-11-12(7-6-8-13(11)17(21)22)15(20)16-10-5-3-2-4-9-14(18)19/h6-8H,2-5,9-10H2,1H3,(H,16,20)(H,18,19). The Kier molecular flexibility index (Phi) is 7.01. The smallest absolute Gasteiger partial charge is 0.303 e. The number of aliphatic carboxylic acids is 1. The molecule has 0 spiro atoms. The van der Waals surface area contributed by atoms with Gasteiger partial charge in [-0.05, 0) is 25.8 Å². The molecule has 0 aliphatic heterocycles. The van der Waals surface area contributed by atoms with E-state index in [1.165, 1.54) is 12.1 Å². The molecule has 7 heteroatoms. The lowest BCUT2D eigenvalue weighted by molar-refractivity contribution is -0.385. The number of carboxylic acid groups (broad SMARTS) is 1. The molecule has 22 heavy (non-hydrogen) atoms. The third kappa shape index (κ3) is 5.51. The Morgan fingerprint density at radius 3 is 2.55 bits per heavy atom. The second-order valence-electron chi connectivity index (χ2n) is 5.02. The molecule has 0 radical (unpaired) electrons. The van der Waals surface area contributed by atoms with Gasteiger partial charge >= 0.3 is 5.97 Å². The Labute approximate surface area is 128 Å². The van der Waals surface area contributed by atoms with Gasteiger partial charge in [-0.1, -0.05) is 18.9 Å². The number of carboxylic acids is 1. The quantitative estimate of drug-likeness (QED) is 0.414. The van der Waals surface area contributed by atoms with Crippen molar-refractivity contribution in [3.63, 3.8) is 0 Å². The fourth-order valence-corrected chi connectivity index (χ4v) is 2.12. The molecule has 1 aromatic carbocycles. The van der Waals surface area contributed by atoms with Crippen LogP contribution in [-0.4, -0.2) is 28.5 Å². The van der Waals surface area contributed by atoms with Crippen molar-refractivity contribution in [2.75, 3.05) is 6.54 Å². The van der Waals surface area contributed by atoms with Crippen LogP contribution in [-0.2, 0) is 4.79 Å². The van der Waals surface area contributed by atoms with Gasteiger partial charge in [0.2, 0.25) is 0 Å². The number of rotatable bonds is 9. The molecule has 0 unspecified atom stereocenters. The van der Waals surface area contributed by atoms with Crippen LogP contribution >= 0.6 is 0 Å². The number of nitro groups is 1. The van der Waals surface area contributed by atoms with E-state index in [0.717, 1.165) is 19.3 Å². The first-order valence-corrected chi connectivity index (χ1v) is 7.17. The molecule has 0 aliphatic rings. The highest BCUT2D eigenvalue weighted by atomic mass is 16.6. The van der Waals surface area contributed by atoms with Gasteiger partial charge in [0.1, 0.15) is 0 Å². The van der Waals surface area contributed by atoms with Crippen molar-refractivity contribution < 1.29 is 19.6 Å². The van der Waals surface area contributed by atoms with Crippen LogP contribution in [0.25, 0.3) is 0 Å². The summed E-state index contributed by atoms with van der Waals surface area (Å²) in [7, 11) is 0. The lowest BCUT2D eigenvalue weighted by atomic mass is 10.1. The molecule has 0 aliphatic carbocycles. The van der Waals surface area contributed by atoms with E-state index < -0.39 is 10.9 Å². The molecule has 120 valence electrons. The van der Waals surface area contributed by atoms with Crippen molar-refractivity contribution in [3.05, 3.63) is 39.4 Å². The zero-order chi connectivity index (χ0) is 16.5. The lowest BCUT2D eigenvalue weighted by Crippen LogP contribution is -2.25. The summed E-state index contributed by atoms with van der Waals surface area (Å²) in [6, 6.07) is 4.42. The largest absolute Gasteiger partial charge is 0.481 e. The van der Waals surface area contributed by atoms with E-state index in [9.17, 15) is 19.7 Å². The van der Waals surface area contributed by atoms with Crippen molar-refractivity contribution in [2.45, 2.75) is 39.0 Å². The Morgan fingerprint density at radius 2 is 1.91 bits per heavy atom. The minimum Gasteiger partial charge on any atom is -0.481 e. The Hall–Kier alpha value is -2.44. The SMILES string of the molecule is Cc1c(C(=O)NCCCCCCC(=O)O)cccc1[N+](=O)[O-]. The molecule has 1 amide bonds. The molecule has 1 aromatic rings. The van der Waals surface area contributed by atoms with Gasteiger partial charge in [-0.25, -0.2) is 0 Å². The Balaban J connectivity index is 2.39. The Morgan fingerprint density at radius 1 is 1.23 bits per heavy atom. The number of carbonyl (C=O) groups excluding carboxylic acids is 1. The maximum Gasteiger partial charge on any atom is 0.303 e. The first kappa shape index (κ1) is 17.6. The number of nitrogens with one attached hydrogen (secondary N) is 1. The van der Waals surface area contributed by atoms with E-state index in [-0.39, 0.29) is 18.0 Å². The summed E-state index contributed by atoms with van der Waals surface area (Å²) in [6.07, 6.45) is 3.19. The second kappa shape index (κ2) is 8.76. The van der Waals surface area contributed by atoms with Crippen molar-refractivity contribution in [3.8, 4) is 0 Å². The van der Waals surface area contributed by atoms with Crippen LogP contribution in [0.15, 0.2) is 18.2 Å². The predicted molar refractivity (Wildman–Crippen MR) is 80.9 cm³/mol. The van der Waals surface area contributed by atoms with Crippen LogP contribution < -0.4 is 5.32 Å². The third-order valence-corrected chi connectivity index (χ3v) is 3.35. The number of nitro benzene ring substituents is 1. The van der Waals surface area contributed by atoms with Crippen molar-refractivity contribution in [1.82, 2.24) is 5.32 Å². The van der Waals surface area contributed by atoms with E-state index in [0.29, 0.717) is 24.1 Å². The fourth-order valence-electron chi connectivity index (χ4n) is 2.12. The van der Waals surface area contributed by atoms with Gasteiger partial charge in [0.15, 0.2) is 0 Å². The van der Waals surface area contributed by atoms with E-state index in [1.54, 1.807) is 13.0 Å². The molecule has 0 saturated heterocycles. The minimum absolute atomic E-state index is 0.0682. The van der Waals surface area contributed by atoms with Gasteiger partial charge in [0.05, 0.1) is 4.92 Å². The number of hydrogen-bond acceptors (Lipinski definition) is 4. The van der Waals surface area contributed by atoms with Crippen LogP contribution in [0.1, 0.15) is 48.0 Å². The third-order valence-electron chi connectivity index (χ3n) is 3.35. The summed E-state index contributed by atoms with van der Waals surface area (Å²) in [6.45, 7) is 2.02. The zero-order valence-corrected chi connectivity index (χ0v) is 12.5. The first-order chi connectivity index (χ1) is 10.4. The lowest BCUT2D eigenvalue weighted by Gasteiger charge is -2.07. The Bertz CT molecular complexity index is 557. The fraction of sp³-hybridized carbons (Fsp3) is 0.467. The van der Waals surface area contributed by atoms with Crippen molar-refractivity contribution >= 4 is 17.6 Å². The first-order valence-electron chi connectivity index (χ1n) is 7.17. The number of carbonyl (C=O) groups is 2. The van der Waals surface area contributed by atoms with Crippen LogP contribution in [0.3, 0.4) is 0 Å². The van der Waals surface area contributed by atoms with E-state index in [2.05, 4.69) is 5.32 Å².